The van der Waals surface area contributed by atoms with Crippen molar-refractivity contribution in [1.82, 2.24) is 25.6 Å². The van der Waals surface area contributed by atoms with E-state index in [9.17, 15) is 4.79 Å². The predicted octanol–water partition coefficient (Wildman–Crippen LogP) is 1.84. The third-order valence-electron chi connectivity index (χ3n) is 5.49. The lowest BCUT2D eigenvalue weighted by Crippen LogP contribution is -2.59. The molecule has 0 unspecified atom stereocenters. The number of aromatic amines is 1. The molecule has 0 bridgehead atoms. The van der Waals surface area contributed by atoms with Crippen LogP contribution < -0.4 is 10.6 Å². The first-order valence-corrected chi connectivity index (χ1v) is 9.24. The molecule has 25 heavy (non-hydrogen) atoms. The van der Waals surface area contributed by atoms with Gasteiger partial charge >= 0.3 is 0 Å². The lowest BCUT2D eigenvalue weighted by molar-refractivity contribution is -0.124. The first-order valence-electron chi connectivity index (χ1n) is 9.24. The van der Waals surface area contributed by atoms with Gasteiger partial charge in [-0.15, -0.1) is 0 Å². The highest BCUT2D eigenvalue weighted by molar-refractivity contribution is 5.82. The molecule has 1 aliphatic carbocycles. The maximum atomic E-state index is 12.7. The van der Waals surface area contributed by atoms with Gasteiger partial charge in [-0.3, -0.25) is 15.1 Å². The van der Waals surface area contributed by atoms with E-state index in [0.29, 0.717) is 13.0 Å². The Morgan fingerprint density at radius 1 is 1.32 bits per heavy atom. The highest BCUT2D eigenvalue weighted by atomic mass is 16.2. The van der Waals surface area contributed by atoms with Gasteiger partial charge in [0.2, 0.25) is 5.91 Å². The minimum absolute atomic E-state index is 0.0779. The number of carbonyl (C=O) groups is 1. The van der Waals surface area contributed by atoms with Crippen LogP contribution in [0.25, 0.3) is 0 Å². The molecule has 1 fully saturated rings. The Kier molecular flexibility index (Phi) is 4.53. The summed E-state index contributed by atoms with van der Waals surface area (Å²) in [5.41, 5.74) is 3.26. The maximum Gasteiger partial charge on any atom is 0.237 e. The van der Waals surface area contributed by atoms with Gasteiger partial charge in [-0.25, -0.2) is 4.98 Å². The van der Waals surface area contributed by atoms with Crippen LogP contribution in [0.1, 0.15) is 49.1 Å². The normalized spacial score (nSPS) is 21.7. The smallest absolute Gasteiger partial charge is 0.237 e. The van der Waals surface area contributed by atoms with E-state index >= 15 is 0 Å². The standard InChI is InChI=1S/C19H25N5O/c25-18(21-10-6-14-5-4-9-20-12-14)16-11-15-17(23-13-22-15)19(24-16)7-2-1-3-8-19/h4-5,9,12-13,16,24H,1-3,6-8,10-11H2,(H,21,25)(H,22,23)/t16-/m0/s1. The van der Waals surface area contributed by atoms with Gasteiger partial charge in [0.25, 0.3) is 0 Å². The molecule has 1 spiro atoms. The van der Waals surface area contributed by atoms with Crippen LogP contribution in [-0.4, -0.2) is 33.4 Å². The van der Waals surface area contributed by atoms with Crippen LogP contribution in [0, 0.1) is 0 Å². The number of amides is 1. The molecule has 2 aromatic rings. The second kappa shape index (κ2) is 6.96. The van der Waals surface area contributed by atoms with Crippen molar-refractivity contribution in [2.45, 2.75) is 56.5 Å². The van der Waals surface area contributed by atoms with Gasteiger partial charge in [0.1, 0.15) is 0 Å². The van der Waals surface area contributed by atoms with Crippen molar-refractivity contribution in [2.75, 3.05) is 6.54 Å². The number of fused-ring (bicyclic) bond motifs is 2. The average molecular weight is 339 g/mol. The molecule has 1 aliphatic heterocycles. The number of pyridine rings is 1. The molecule has 6 heteroatoms. The molecule has 4 rings (SSSR count). The number of hydrogen-bond acceptors (Lipinski definition) is 4. The fourth-order valence-electron chi connectivity index (χ4n) is 4.24. The lowest BCUT2D eigenvalue weighted by atomic mass is 9.75. The summed E-state index contributed by atoms with van der Waals surface area (Å²) >= 11 is 0. The zero-order valence-electron chi connectivity index (χ0n) is 14.4. The third kappa shape index (κ3) is 3.31. The van der Waals surface area contributed by atoms with Gasteiger partial charge in [-0.05, 0) is 30.9 Å². The second-order valence-electron chi connectivity index (χ2n) is 7.18. The molecular weight excluding hydrogens is 314 g/mol. The number of hydrogen-bond donors (Lipinski definition) is 3. The Balaban J connectivity index is 1.41. The zero-order chi connectivity index (χ0) is 17.1. The maximum absolute atomic E-state index is 12.7. The molecule has 132 valence electrons. The Hall–Kier alpha value is -2.21. The number of nitrogens with one attached hydrogen (secondary N) is 3. The van der Waals surface area contributed by atoms with E-state index in [1.165, 1.54) is 19.3 Å². The molecule has 6 nitrogen and oxygen atoms in total. The highest BCUT2D eigenvalue weighted by Gasteiger charge is 2.44. The van der Waals surface area contributed by atoms with Crippen molar-refractivity contribution in [2.24, 2.45) is 0 Å². The largest absolute Gasteiger partial charge is 0.354 e. The molecule has 0 saturated heterocycles. The van der Waals surface area contributed by atoms with Crippen LogP contribution in [0.4, 0.5) is 0 Å². The van der Waals surface area contributed by atoms with E-state index in [1.807, 2.05) is 18.3 Å². The summed E-state index contributed by atoms with van der Waals surface area (Å²) in [5, 5.41) is 6.74. The van der Waals surface area contributed by atoms with Gasteiger partial charge in [-0.2, -0.15) is 0 Å². The molecule has 1 atom stereocenters. The van der Waals surface area contributed by atoms with Crippen LogP contribution in [0.3, 0.4) is 0 Å². The summed E-state index contributed by atoms with van der Waals surface area (Å²) in [4.78, 5) is 24.7. The van der Waals surface area contributed by atoms with Crippen LogP contribution in [0.15, 0.2) is 30.9 Å². The molecule has 0 aromatic carbocycles. The first kappa shape index (κ1) is 16.3. The Morgan fingerprint density at radius 2 is 2.20 bits per heavy atom. The van der Waals surface area contributed by atoms with Crippen molar-refractivity contribution >= 4 is 5.91 Å². The van der Waals surface area contributed by atoms with Crippen molar-refractivity contribution < 1.29 is 4.79 Å². The van der Waals surface area contributed by atoms with E-state index in [2.05, 4.69) is 25.6 Å². The summed E-state index contributed by atoms with van der Waals surface area (Å²) in [6.07, 6.45) is 12.6. The van der Waals surface area contributed by atoms with Gasteiger partial charge in [-0.1, -0.05) is 25.3 Å². The Morgan fingerprint density at radius 3 is 3.00 bits per heavy atom. The molecule has 2 aromatic heterocycles. The second-order valence-corrected chi connectivity index (χ2v) is 7.18. The molecule has 0 radical (unpaired) electrons. The quantitative estimate of drug-likeness (QED) is 0.794. The number of aromatic nitrogens is 3. The van der Waals surface area contributed by atoms with Crippen LogP contribution in [-0.2, 0) is 23.2 Å². The predicted molar refractivity (Wildman–Crippen MR) is 94.9 cm³/mol. The van der Waals surface area contributed by atoms with E-state index in [-0.39, 0.29) is 17.5 Å². The average Bonchev–Trinajstić information content (AvgIpc) is 3.13. The molecule has 3 heterocycles. The van der Waals surface area contributed by atoms with E-state index in [1.54, 1.807) is 12.5 Å². The number of carbonyl (C=O) groups excluding carboxylic acids is 1. The number of H-pyrrole nitrogens is 1. The summed E-state index contributed by atoms with van der Waals surface area (Å²) < 4.78 is 0. The zero-order valence-corrected chi connectivity index (χ0v) is 14.4. The van der Waals surface area contributed by atoms with E-state index in [0.717, 1.165) is 36.2 Å². The fourth-order valence-corrected chi connectivity index (χ4v) is 4.24. The minimum atomic E-state index is -0.194. The Labute approximate surface area is 147 Å². The SMILES string of the molecule is O=C(NCCc1cccnc1)[C@@H]1Cc2[nH]cnc2C2(CCCCC2)N1. The summed E-state index contributed by atoms with van der Waals surface area (Å²) in [6, 6.07) is 3.76. The minimum Gasteiger partial charge on any atom is -0.354 e. The number of nitrogens with zero attached hydrogens (tertiary/aromatic N) is 2. The fraction of sp³-hybridized carbons (Fsp3) is 0.526. The lowest BCUT2D eigenvalue weighted by Gasteiger charge is -2.43. The van der Waals surface area contributed by atoms with Crippen LogP contribution in [0.5, 0.6) is 0 Å². The van der Waals surface area contributed by atoms with Crippen molar-refractivity contribution in [3.63, 3.8) is 0 Å². The van der Waals surface area contributed by atoms with Crippen molar-refractivity contribution in [3.8, 4) is 0 Å². The van der Waals surface area contributed by atoms with Gasteiger partial charge in [0, 0.05) is 31.1 Å². The Bertz CT molecular complexity index is 720. The number of rotatable bonds is 4. The van der Waals surface area contributed by atoms with E-state index < -0.39 is 0 Å². The molecule has 1 saturated carbocycles. The number of imidazole rings is 1. The van der Waals surface area contributed by atoms with Crippen molar-refractivity contribution in [3.05, 3.63) is 47.8 Å². The molecular formula is C19H25N5O. The van der Waals surface area contributed by atoms with Gasteiger partial charge < -0.3 is 10.3 Å². The van der Waals surface area contributed by atoms with Crippen molar-refractivity contribution in [1.29, 1.82) is 0 Å². The summed E-state index contributed by atoms with van der Waals surface area (Å²) in [6.45, 7) is 0.630. The molecule has 1 amide bonds. The third-order valence-corrected chi connectivity index (χ3v) is 5.49. The van der Waals surface area contributed by atoms with Gasteiger partial charge in [0.05, 0.1) is 23.6 Å². The first-order chi connectivity index (χ1) is 12.3. The van der Waals surface area contributed by atoms with Gasteiger partial charge in [0.15, 0.2) is 0 Å². The molecule has 3 N–H and O–H groups in total. The topological polar surface area (TPSA) is 82.7 Å². The van der Waals surface area contributed by atoms with Crippen LogP contribution >= 0.6 is 0 Å². The van der Waals surface area contributed by atoms with Crippen LogP contribution in [0.2, 0.25) is 0 Å². The summed E-state index contributed by atoms with van der Waals surface area (Å²) in [7, 11) is 0. The summed E-state index contributed by atoms with van der Waals surface area (Å²) in [5.74, 6) is 0.0779. The highest BCUT2D eigenvalue weighted by Crippen LogP contribution is 2.40. The van der Waals surface area contributed by atoms with E-state index in [4.69, 9.17) is 0 Å². The monoisotopic (exact) mass is 339 g/mol. The molecule has 2 aliphatic rings.